The van der Waals surface area contributed by atoms with Gasteiger partial charge in [-0.25, -0.2) is 0 Å². The highest BCUT2D eigenvalue weighted by Gasteiger charge is 2.12. The third-order valence-corrected chi connectivity index (χ3v) is 1.29. The zero-order valence-corrected chi connectivity index (χ0v) is 5.35. The molecule has 46 valence electrons. The summed E-state index contributed by atoms with van der Waals surface area (Å²) >= 11 is 0. The Bertz CT molecular complexity index is 109. The number of rotatable bonds is 1. The maximum Gasteiger partial charge on any atom is 0.130 e. The predicted octanol–water partition coefficient (Wildman–Crippen LogP) is 1.56. The molecule has 1 aliphatic heterocycles. The molecule has 0 aromatic rings. The fraction of sp³-hybridized carbons (Fsp3) is 0.833. The minimum atomic E-state index is 0.324. The van der Waals surface area contributed by atoms with E-state index in [1.165, 1.54) is 5.71 Å². The fourth-order valence-electron chi connectivity index (χ4n) is 0.780. The largest absolute Gasteiger partial charge is 0.392 e. The number of oxime groups is 1. The second-order valence-electron chi connectivity index (χ2n) is 2.13. The van der Waals surface area contributed by atoms with Gasteiger partial charge in [-0.3, -0.25) is 0 Å². The van der Waals surface area contributed by atoms with E-state index in [4.69, 9.17) is 4.84 Å². The first-order valence-electron chi connectivity index (χ1n) is 3.04. The summed E-state index contributed by atoms with van der Waals surface area (Å²) in [4.78, 5) is 4.94. The summed E-state index contributed by atoms with van der Waals surface area (Å²) in [5, 5.41) is 3.85. The molecule has 0 bridgehead atoms. The summed E-state index contributed by atoms with van der Waals surface area (Å²) in [7, 11) is 0. The smallest absolute Gasteiger partial charge is 0.130 e. The van der Waals surface area contributed by atoms with E-state index < -0.39 is 0 Å². The molecule has 1 aliphatic rings. The molecular formula is C6H11NO. The number of nitrogens with zero attached hydrogens (tertiary/aromatic N) is 1. The van der Waals surface area contributed by atoms with Gasteiger partial charge in [-0.05, 0) is 13.3 Å². The average Bonchev–Trinajstić information content (AvgIpc) is 2.14. The van der Waals surface area contributed by atoms with Crippen molar-refractivity contribution in [2.24, 2.45) is 5.16 Å². The van der Waals surface area contributed by atoms with Crippen molar-refractivity contribution in [1.29, 1.82) is 0 Å². The molecule has 0 aromatic carbocycles. The van der Waals surface area contributed by atoms with Crippen molar-refractivity contribution in [3.05, 3.63) is 0 Å². The molecule has 0 saturated heterocycles. The van der Waals surface area contributed by atoms with Crippen molar-refractivity contribution in [3.8, 4) is 0 Å². The van der Waals surface area contributed by atoms with Crippen LogP contribution < -0.4 is 0 Å². The van der Waals surface area contributed by atoms with Crippen LogP contribution in [-0.4, -0.2) is 11.8 Å². The Labute approximate surface area is 49.5 Å². The molecule has 1 unspecified atom stereocenters. The first-order chi connectivity index (χ1) is 3.83. The lowest BCUT2D eigenvalue weighted by molar-refractivity contribution is 0.0995. The zero-order chi connectivity index (χ0) is 5.98. The molecule has 1 heterocycles. The molecule has 0 fully saturated rings. The summed E-state index contributed by atoms with van der Waals surface area (Å²) in [6, 6.07) is 0. The van der Waals surface area contributed by atoms with Gasteiger partial charge in [0.25, 0.3) is 0 Å². The molecule has 2 nitrogen and oxygen atoms in total. The maximum absolute atomic E-state index is 4.94. The van der Waals surface area contributed by atoms with Gasteiger partial charge in [0.2, 0.25) is 0 Å². The average molecular weight is 113 g/mol. The van der Waals surface area contributed by atoms with Gasteiger partial charge >= 0.3 is 0 Å². The van der Waals surface area contributed by atoms with E-state index in [1.807, 2.05) is 6.92 Å². The SMILES string of the molecule is CCC1=NOC(C)C1. The van der Waals surface area contributed by atoms with E-state index >= 15 is 0 Å². The summed E-state index contributed by atoms with van der Waals surface area (Å²) in [6.45, 7) is 4.13. The van der Waals surface area contributed by atoms with Crippen LogP contribution >= 0.6 is 0 Å². The Balaban J connectivity index is 2.37. The lowest BCUT2D eigenvalue weighted by atomic mass is 10.2. The predicted molar refractivity (Wildman–Crippen MR) is 32.9 cm³/mol. The molecule has 0 saturated carbocycles. The van der Waals surface area contributed by atoms with E-state index in [9.17, 15) is 0 Å². The summed E-state index contributed by atoms with van der Waals surface area (Å²) < 4.78 is 0. The van der Waals surface area contributed by atoms with Crippen molar-refractivity contribution < 1.29 is 4.84 Å². The molecule has 1 atom stereocenters. The van der Waals surface area contributed by atoms with Crippen LogP contribution in [0.15, 0.2) is 5.16 Å². The van der Waals surface area contributed by atoms with Gasteiger partial charge in [-0.1, -0.05) is 12.1 Å². The standard InChI is InChI=1S/C6H11NO/c1-3-6-4-5(2)8-7-6/h5H,3-4H2,1-2H3. The van der Waals surface area contributed by atoms with Crippen LogP contribution in [0, 0.1) is 0 Å². The molecule has 0 aliphatic carbocycles. The molecule has 8 heavy (non-hydrogen) atoms. The summed E-state index contributed by atoms with van der Waals surface area (Å²) in [6.07, 6.45) is 2.38. The van der Waals surface area contributed by atoms with Crippen LogP contribution in [0.5, 0.6) is 0 Å². The van der Waals surface area contributed by atoms with Crippen LogP contribution in [0.25, 0.3) is 0 Å². The molecule has 0 N–H and O–H groups in total. The van der Waals surface area contributed by atoms with Gasteiger partial charge in [-0.15, -0.1) is 0 Å². The Hall–Kier alpha value is -0.530. The van der Waals surface area contributed by atoms with Crippen LogP contribution in [0.4, 0.5) is 0 Å². The number of hydrogen-bond donors (Lipinski definition) is 0. The normalized spacial score (nSPS) is 27.2. The van der Waals surface area contributed by atoms with Crippen molar-refractivity contribution in [1.82, 2.24) is 0 Å². The van der Waals surface area contributed by atoms with Crippen molar-refractivity contribution in [2.45, 2.75) is 32.8 Å². The van der Waals surface area contributed by atoms with Gasteiger partial charge < -0.3 is 4.84 Å². The van der Waals surface area contributed by atoms with Gasteiger partial charge in [0.15, 0.2) is 0 Å². The van der Waals surface area contributed by atoms with E-state index in [0.29, 0.717) is 6.10 Å². The van der Waals surface area contributed by atoms with Gasteiger partial charge in [0.1, 0.15) is 6.10 Å². The minimum absolute atomic E-state index is 0.324. The van der Waals surface area contributed by atoms with E-state index in [0.717, 1.165) is 12.8 Å². The van der Waals surface area contributed by atoms with E-state index in [-0.39, 0.29) is 0 Å². The number of hydrogen-bond acceptors (Lipinski definition) is 2. The van der Waals surface area contributed by atoms with Crippen molar-refractivity contribution in [2.75, 3.05) is 0 Å². The molecular weight excluding hydrogens is 102 g/mol. The third-order valence-electron chi connectivity index (χ3n) is 1.29. The topological polar surface area (TPSA) is 21.6 Å². The fourth-order valence-corrected chi connectivity index (χ4v) is 0.780. The maximum atomic E-state index is 4.94. The molecule has 0 radical (unpaired) electrons. The molecule has 0 amide bonds. The second-order valence-corrected chi connectivity index (χ2v) is 2.13. The minimum Gasteiger partial charge on any atom is -0.392 e. The van der Waals surface area contributed by atoms with Crippen molar-refractivity contribution in [3.63, 3.8) is 0 Å². The Kier molecular flexibility index (Phi) is 1.51. The Morgan fingerprint density at radius 1 is 1.88 bits per heavy atom. The van der Waals surface area contributed by atoms with Crippen LogP contribution in [0.2, 0.25) is 0 Å². The Morgan fingerprint density at radius 2 is 2.62 bits per heavy atom. The summed E-state index contributed by atoms with van der Waals surface area (Å²) in [5.74, 6) is 0. The Morgan fingerprint density at radius 3 is 2.88 bits per heavy atom. The first-order valence-corrected chi connectivity index (χ1v) is 3.04. The highest BCUT2D eigenvalue weighted by molar-refractivity contribution is 5.84. The molecule has 2 heteroatoms. The van der Waals surface area contributed by atoms with Crippen molar-refractivity contribution >= 4 is 5.71 Å². The quantitative estimate of drug-likeness (QED) is 0.505. The summed E-state index contributed by atoms with van der Waals surface area (Å²) in [5.41, 5.74) is 1.19. The monoisotopic (exact) mass is 113 g/mol. The van der Waals surface area contributed by atoms with Gasteiger partial charge in [-0.2, -0.15) is 0 Å². The zero-order valence-electron chi connectivity index (χ0n) is 5.35. The highest BCUT2D eigenvalue weighted by atomic mass is 16.6. The molecule has 0 spiro atoms. The van der Waals surface area contributed by atoms with Gasteiger partial charge in [0.05, 0.1) is 5.71 Å². The molecule has 1 rings (SSSR count). The van der Waals surface area contributed by atoms with E-state index in [1.54, 1.807) is 0 Å². The lowest BCUT2D eigenvalue weighted by Gasteiger charge is -1.94. The van der Waals surface area contributed by atoms with Crippen LogP contribution in [-0.2, 0) is 4.84 Å². The third kappa shape index (κ3) is 0.997. The first kappa shape index (κ1) is 5.60. The lowest BCUT2D eigenvalue weighted by Crippen LogP contribution is -1.99. The van der Waals surface area contributed by atoms with E-state index in [2.05, 4.69) is 12.1 Å². The molecule has 0 aromatic heterocycles. The van der Waals surface area contributed by atoms with Gasteiger partial charge in [0, 0.05) is 6.42 Å². The van der Waals surface area contributed by atoms with Crippen LogP contribution in [0.3, 0.4) is 0 Å². The second kappa shape index (κ2) is 2.16. The highest BCUT2D eigenvalue weighted by Crippen LogP contribution is 2.10. The van der Waals surface area contributed by atoms with Crippen LogP contribution in [0.1, 0.15) is 26.7 Å².